The van der Waals surface area contributed by atoms with Gasteiger partial charge in [0.15, 0.2) is 0 Å². The molecule has 4 heteroatoms. The first kappa shape index (κ1) is 8.87. The minimum absolute atomic E-state index is 0.107. The second-order valence-electron chi connectivity index (χ2n) is 3.49. The maximum Gasteiger partial charge on any atom is 0.121 e. The maximum absolute atomic E-state index is 5.66. The van der Waals surface area contributed by atoms with Crippen molar-refractivity contribution in [2.75, 3.05) is 5.73 Å². The van der Waals surface area contributed by atoms with Gasteiger partial charge in [0.05, 0.1) is 6.20 Å². The van der Waals surface area contributed by atoms with Crippen LogP contribution in [0.2, 0.25) is 0 Å². The zero-order valence-corrected chi connectivity index (χ0v) is 8.27. The number of nitrogens with zero attached hydrogens (tertiary/aromatic N) is 2. The molecule has 0 unspecified atom stereocenters. The first-order valence-electron chi connectivity index (χ1n) is 4.57. The van der Waals surface area contributed by atoms with Crippen LogP contribution in [-0.2, 0) is 0 Å². The Kier molecular flexibility index (Phi) is 2.04. The van der Waals surface area contributed by atoms with Crippen molar-refractivity contribution >= 4 is 16.6 Å². The van der Waals surface area contributed by atoms with Gasteiger partial charge in [-0.05, 0) is 32.0 Å². The highest BCUT2D eigenvalue weighted by atomic mass is 16.7. The summed E-state index contributed by atoms with van der Waals surface area (Å²) in [5.41, 5.74) is 7.33. The summed E-state index contributed by atoms with van der Waals surface area (Å²) in [7, 11) is 0. The fourth-order valence-electron chi connectivity index (χ4n) is 1.31. The van der Waals surface area contributed by atoms with Gasteiger partial charge >= 0.3 is 0 Å². The van der Waals surface area contributed by atoms with Crippen LogP contribution in [0.4, 0.5) is 5.69 Å². The molecule has 0 fully saturated rings. The molecule has 0 spiro atoms. The molecule has 0 aliphatic heterocycles. The number of anilines is 1. The first-order chi connectivity index (χ1) is 6.66. The van der Waals surface area contributed by atoms with E-state index in [2.05, 4.69) is 5.10 Å². The van der Waals surface area contributed by atoms with Crippen LogP contribution in [-0.4, -0.2) is 16.0 Å². The fraction of sp³-hybridized carbons (Fsp3) is 0.300. The minimum Gasteiger partial charge on any atom is -0.399 e. The van der Waals surface area contributed by atoms with E-state index in [1.807, 2.05) is 32.0 Å². The van der Waals surface area contributed by atoms with Crippen LogP contribution in [0.1, 0.15) is 13.8 Å². The molecular weight excluding hydrogens is 178 g/mol. The van der Waals surface area contributed by atoms with E-state index in [0.29, 0.717) is 0 Å². The van der Waals surface area contributed by atoms with Crippen LogP contribution in [0.3, 0.4) is 0 Å². The molecule has 1 aromatic carbocycles. The summed E-state index contributed by atoms with van der Waals surface area (Å²) < 4.78 is 0. The molecule has 0 saturated carbocycles. The molecule has 2 rings (SSSR count). The van der Waals surface area contributed by atoms with Crippen LogP contribution < -0.4 is 10.6 Å². The SMILES string of the molecule is CC(C)On1ncc2cc(N)ccc21. The van der Waals surface area contributed by atoms with Crippen LogP contribution in [0.25, 0.3) is 10.9 Å². The standard InChI is InChI=1S/C10H13N3O/c1-7(2)14-13-10-4-3-9(11)5-8(10)6-12-13/h3-7H,11H2,1-2H3. The molecule has 0 atom stereocenters. The molecule has 2 aromatic rings. The van der Waals surface area contributed by atoms with Gasteiger partial charge in [0, 0.05) is 11.1 Å². The van der Waals surface area contributed by atoms with E-state index in [-0.39, 0.29) is 6.10 Å². The molecular formula is C10H13N3O. The Morgan fingerprint density at radius 2 is 2.21 bits per heavy atom. The van der Waals surface area contributed by atoms with E-state index in [1.165, 1.54) is 4.85 Å². The van der Waals surface area contributed by atoms with Crippen molar-refractivity contribution in [2.45, 2.75) is 20.0 Å². The summed E-state index contributed by atoms with van der Waals surface area (Å²) >= 11 is 0. The van der Waals surface area contributed by atoms with E-state index in [4.69, 9.17) is 10.6 Å². The van der Waals surface area contributed by atoms with E-state index >= 15 is 0 Å². The highest BCUT2D eigenvalue weighted by Gasteiger charge is 2.04. The first-order valence-corrected chi connectivity index (χ1v) is 4.57. The summed E-state index contributed by atoms with van der Waals surface area (Å²) in [5, 5.41) is 5.11. The van der Waals surface area contributed by atoms with E-state index in [9.17, 15) is 0 Å². The maximum atomic E-state index is 5.66. The topological polar surface area (TPSA) is 53.1 Å². The summed E-state index contributed by atoms with van der Waals surface area (Å²) in [6, 6.07) is 5.62. The number of nitrogen functional groups attached to an aromatic ring is 1. The Morgan fingerprint density at radius 3 is 2.93 bits per heavy atom. The lowest BCUT2D eigenvalue weighted by atomic mass is 10.2. The molecule has 74 valence electrons. The van der Waals surface area contributed by atoms with Crippen molar-refractivity contribution in [3.63, 3.8) is 0 Å². The van der Waals surface area contributed by atoms with Gasteiger partial charge in [-0.3, -0.25) is 0 Å². The quantitative estimate of drug-likeness (QED) is 0.731. The molecule has 2 N–H and O–H groups in total. The van der Waals surface area contributed by atoms with Gasteiger partial charge in [-0.2, -0.15) is 0 Å². The van der Waals surface area contributed by atoms with Gasteiger partial charge in [-0.25, -0.2) is 0 Å². The number of benzene rings is 1. The number of nitrogens with two attached hydrogens (primary N) is 1. The Balaban J connectivity index is 2.47. The van der Waals surface area contributed by atoms with Gasteiger partial charge in [0.1, 0.15) is 11.6 Å². The van der Waals surface area contributed by atoms with Crippen molar-refractivity contribution in [3.05, 3.63) is 24.4 Å². The molecule has 0 aliphatic carbocycles. The van der Waals surface area contributed by atoms with Crippen molar-refractivity contribution in [2.24, 2.45) is 0 Å². The molecule has 0 radical (unpaired) electrons. The van der Waals surface area contributed by atoms with Crippen LogP contribution in [0, 0.1) is 0 Å². The van der Waals surface area contributed by atoms with Gasteiger partial charge in [-0.15, -0.1) is 5.10 Å². The van der Waals surface area contributed by atoms with Crippen molar-refractivity contribution < 1.29 is 4.84 Å². The lowest BCUT2D eigenvalue weighted by Crippen LogP contribution is -2.19. The van der Waals surface area contributed by atoms with Crippen molar-refractivity contribution in [3.8, 4) is 0 Å². The van der Waals surface area contributed by atoms with Gasteiger partial charge in [0.25, 0.3) is 0 Å². The third-order valence-electron chi connectivity index (χ3n) is 1.87. The molecule has 0 bridgehead atoms. The molecule has 0 saturated heterocycles. The zero-order valence-electron chi connectivity index (χ0n) is 8.27. The smallest absolute Gasteiger partial charge is 0.121 e. The van der Waals surface area contributed by atoms with Gasteiger partial charge in [-0.1, -0.05) is 4.85 Å². The minimum atomic E-state index is 0.107. The highest BCUT2D eigenvalue weighted by Crippen LogP contribution is 2.16. The third-order valence-corrected chi connectivity index (χ3v) is 1.87. The number of rotatable bonds is 2. The van der Waals surface area contributed by atoms with Crippen LogP contribution in [0.5, 0.6) is 0 Å². The molecule has 4 nitrogen and oxygen atoms in total. The Labute approximate surface area is 82.2 Å². The fourth-order valence-corrected chi connectivity index (χ4v) is 1.31. The molecule has 0 amide bonds. The van der Waals surface area contributed by atoms with Crippen molar-refractivity contribution in [1.82, 2.24) is 9.94 Å². The number of hydrogen-bond acceptors (Lipinski definition) is 3. The summed E-state index contributed by atoms with van der Waals surface area (Å²) in [5.74, 6) is 0. The second kappa shape index (κ2) is 3.21. The monoisotopic (exact) mass is 191 g/mol. The predicted octanol–water partition coefficient (Wildman–Crippen LogP) is 1.46. The summed E-state index contributed by atoms with van der Waals surface area (Å²) in [6.45, 7) is 3.93. The largest absolute Gasteiger partial charge is 0.399 e. The Hall–Kier alpha value is -1.71. The summed E-state index contributed by atoms with van der Waals surface area (Å²) in [6.07, 6.45) is 1.85. The predicted molar refractivity (Wildman–Crippen MR) is 55.9 cm³/mol. The lowest BCUT2D eigenvalue weighted by molar-refractivity contribution is 0.0445. The molecule has 0 aliphatic rings. The number of aromatic nitrogens is 2. The Bertz CT molecular complexity index is 448. The highest BCUT2D eigenvalue weighted by molar-refractivity contribution is 5.81. The lowest BCUT2D eigenvalue weighted by Gasteiger charge is -2.08. The molecule has 1 aromatic heterocycles. The average molecular weight is 191 g/mol. The van der Waals surface area contributed by atoms with E-state index in [1.54, 1.807) is 6.20 Å². The molecule has 1 heterocycles. The van der Waals surface area contributed by atoms with Gasteiger partial charge < -0.3 is 10.6 Å². The number of fused-ring (bicyclic) bond motifs is 1. The third kappa shape index (κ3) is 1.51. The molecule has 14 heavy (non-hydrogen) atoms. The zero-order chi connectivity index (χ0) is 10.1. The Morgan fingerprint density at radius 1 is 1.43 bits per heavy atom. The van der Waals surface area contributed by atoms with Crippen LogP contribution in [0.15, 0.2) is 24.4 Å². The van der Waals surface area contributed by atoms with E-state index < -0.39 is 0 Å². The normalized spacial score (nSPS) is 11.1. The summed E-state index contributed by atoms with van der Waals surface area (Å²) in [4.78, 5) is 7.00. The van der Waals surface area contributed by atoms with Crippen LogP contribution >= 0.6 is 0 Å². The van der Waals surface area contributed by atoms with Gasteiger partial charge in [0.2, 0.25) is 0 Å². The average Bonchev–Trinajstić information content (AvgIpc) is 2.47. The van der Waals surface area contributed by atoms with Crippen molar-refractivity contribution in [1.29, 1.82) is 0 Å². The number of hydrogen-bond donors (Lipinski definition) is 1. The second-order valence-corrected chi connectivity index (χ2v) is 3.49. The van der Waals surface area contributed by atoms with E-state index in [0.717, 1.165) is 16.6 Å².